The van der Waals surface area contributed by atoms with Gasteiger partial charge in [-0.2, -0.15) is 0 Å². The second-order valence-corrected chi connectivity index (χ2v) is 7.12. The van der Waals surface area contributed by atoms with Crippen LogP contribution in [0.3, 0.4) is 0 Å². The topological polar surface area (TPSA) is 118 Å². The molecule has 0 radical (unpaired) electrons. The number of allylic oxidation sites excluding steroid dienone is 2. The molecule has 1 fully saturated rings. The maximum Gasteiger partial charge on any atom is 0.505 e. The Morgan fingerprint density at radius 2 is 1.96 bits per heavy atom. The van der Waals surface area contributed by atoms with Crippen molar-refractivity contribution >= 4 is 17.7 Å². The number of hydrogen-bond donors (Lipinski definition) is 1. The Balaban J connectivity index is 2.75. The minimum atomic E-state index is -0.976. The van der Waals surface area contributed by atoms with Gasteiger partial charge in [-0.1, -0.05) is 19.9 Å². The number of Topliss-reactive ketones (excluding diaryl/α,β-unsaturated/α-hetero) is 1. The summed E-state index contributed by atoms with van der Waals surface area (Å²) in [4.78, 5) is 38.0. The van der Waals surface area contributed by atoms with E-state index in [0.717, 1.165) is 0 Å². The summed E-state index contributed by atoms with van der Waals surface area (Å²) >= 11 is 0. The van der Waals surface area contributed by atoms with E-state index in [1.54, 1.807) is 13.0 Å². The van der Waals surface area contributed by atoms with Crippen molar-refractivity contribution in [1.82, 2.24) is 0 Å². The van der Waals surface area contributed by atoms with Crippen LogP contribution in [0.1, 0.15) is 47.0 Å². The van der Waals surface area contributed by atoms with E-state index in [2.05, 4.69) is 16.3 Å². The number of carbonyl (C=O) groups excluding carboxylic acids is 3. The predicted molar refractivity (Wildman–Crippen MR) is 96.7 cm³/mol. The van der Waals surface area contributed by atoms with Gasteiger partial charge in [-0.3, -0.25) is 9.59 Å². The number of hydrogen-bond acceptors (Lipinski definition) is 7. The normalized spacial score (nSPS) is 21.9. The second-order valence-electron chi connectivity index (χ2n) is 7.12. The van der Waals surface area contributed by atoms with Crippen LogP contribution in [0.25, 0.3) is 4.98 Å². The summed E-state index contributed by atoms with van der Waals surface area (Å²) in [6, 6.07) is 0. The molecular formula is C19H27N2O6+. The van der Waals surface area contributed by atoms with Gasteiger partial charge in [0.05, 0.1) is 6.61 Å². The van der Waals surface area contributed by atoms with Crippen molar-refractivity contribution < 1.29 is 29.0 Å². The van der Waals surface area contributed by atoms with Crippen molar-refractivity contribution in [2.75, 3.05) is 6.61 Å². The summed E-state index contributed by atoms with van der Waals surface area (Å²) in [5.74, 6) is -2.09. The maximum atomic E-state index is 12.3. The van der Waals surface area contributed by atoms with E-state index in [0.29, 0.717) is 0 Å². The first-order chi connectivity index (χ1) is 12.6. The summed E-state index contributed by atoms with van der Waals surface area (Å²) in [6.45, 7) is 10.7. The van der Waals surface area contributed by atoms with Gasteiger partial charge in [0.25, 0.3) is 0 Å². The van der Waals surface area contributed by atoms with E-state index >= 15 is 0 Å². The average Bonchev–Trinajstić information content (AvgIpc) is 3.13. The van der Waals surface area contributed by atoms with Gasteiger partial charge in [0.2, 0.25) is 5.39 Å². The lowest BCUT2D eigenvalue weighted by molar-refractivity contribution is -0.149. The lowest BCUT2D eigenvalue weighted by Gasteiger charge is -2.18. The van der Waals surface area contributed by atoms with Gasteiger partial charge in [-0.15, -0.1) is 6.58 Å². The minimum absolute atomic E-state index is 0.00367. The first-order valence-corrected chi connectivity index (χ1v) is 8.85. The number of carbonyl (C=O) groups is 3. The molecule has 0 aromatic heterocycles. The number of ketones is 1. The molecule has 1 aliphatic rings. The molecule has 0 aromatic rings. The van der Waals surface area contributed by atoms with E-state index in [9.17, 15) is 19.5 Å². The molecule has 1 N–H and O–H groups in total. The van der Waals surface area contributed by atoms with E-state index in [-0.39, 0.29) is 48.9 Å². The van der Waals surface area contributed by atoms with Crippen LogP contribution >= 0.6 is 0 Å². The largest absolute Gasteiger partial charge is 0.505 e. The number of ether oxygens (including phenoxy) is 2. The van der Waals surface area contributed by atoms with Crippen LogP contribution in [0.4, 0.5) is 0 Å². The van der Waals surface area contributed by atoms with Crippen molar-refractivity contribution in [3.8, 4) is 0 Å². The average molecular weight is 379 g/mol. The Bertz CT molecular complexity index is 689. The molecule has 1 saturated carbocycles. The molecule has 148 valence electrons. The van der Waals surface area contributed by atoms with E-state index < -0.39 is 29.5 Å². The Morgan fingerprint density at radius 3 is 2.41 bits per heavy atom. The minimum Gasteiger partial charge on any atom is -0.505 e. The Kier molecular flexibility index (Phi) is 7.70. The highest BCUT2D eigenvalue weighted by molar-refractivity contribution is 5.91. The predicted octanol–water partition coefficient (Wildman–Crippen LogP) is 3.30. The monoisotopic (exact) mass is 379 g/mol. The Morgan fingerprint density at radius 1 is 1.33 bits per heavy atom. The number of nitrogens with zero attached hydrogens (tertiary/aromatic N) is 2. The highest BCUT2D eigenvalue weighted by Gasteiger charge is 2.60. The molecule has 1 rings (SSSR count). The smallest absolute Gasteiger partial charge is 0.505 e. The van der Waals surface area contributed by atoms with Gasteiger partial charge in [-0.25, -0.2) is 4.79 Å². The molecule has 0 aliphatic heterocycles. The summed E-state index contributed by atoms with van der Waals surface area (Å²) in [6.07, 6.45) is 0.924. The zero-order valence-corrected chi connectivity index (χ0v) is 16.2. The zero-order valence-electron chi connectivity index (χ0n) is 16.2. The summed E-state index contributed by atoms with van der Waals surface area (Å²) in [5, 5.41) is 18.7. The van der Waals surface area contributed by atoms with Gasteiger partial charge >= 0.3 is 17.6 Å². The van der Waals surface area contributed by atoms with Crippen molar-refractivity contribution in [3.63, 3.8) is 0 Å². The van der Waals surface area contributed by atoms with Crippen LogP contribution in [0.5, 0.6) is 0 Å². The molecule has 0 amide bonds. The molecule has 8 nitrogen and oxygen atoms in total. The molecule has 0 spiro atoms. The first-order valence-electron chi connectivity index (χ1n) is 8.85. The summed E-state index contributed by atoms with van der Waals surface area (Å²) in [7, 11) is 0. The standard InChI is InChI=1S/C19H26N2O6/c1-6-13-16(19(13,4)5)15(27-11(3)22)10-12(23)8-9-14(24)17(21-20)18(25)26-7-2/h6,13,15-16H,1,7-10H2,2-5H3/p+1/t13-,15+,16-/m0/s1. The molecule has 0 saturated heterocycles. The molecule has 27 heavy (non-hydrogen) atoms. The lowest BCUT2D eigenvalue weighted by atomic mass is 9.99. The molecule has 0 aromatic carbocycles. The van der Waals surface area contributed by atoms with Crippen LogP contribution in [0.15, 0.2) is 24.1 Å². The lowest BCUT2D eigenvalue weighted by Crippen LogP contribution is -2.25. The van der Waals surface area contributed by atoms with Gasteiger partial charge in [0.15, 0.2) is 10.7 Å². The van der Waals surface area contributed by atoms with Crippen molar-refractivity contribution in [2.24, 2.45) is 17.3 Å². The molecule has 0 heterocycles. The fourth-order valence-electron chi connectivity index (χ4n) is 3.45. The first kappa shape index (κ1) is 22.4. The second kappa shape index (κ2) is 9.31. The van der Waals surface area contributed by atoms with Crippen LogP contribution < -0.4 is 0 Å². The maximum absolute atomic E-state index is 12.3. The fraction of sp³-hybridized carbons (Fsp3) is 0.632. The number of diazo groups is 1. The Labute approximate surface area is 158 Å². The zero-order chi connectivity index (χ0) is 20.8. The van der Waals surface area contributed by atoms with Crippen molar-refractivity contribution in [2.45, 2.75) is 53.1 Å². The highest BCUT2D eigenvalue weighted by atomic mass is 16.5. The van der Waals surface area contributed by atoms with E-state index in [1.165, 1.54) is 6.92 Å². The van der Waals surface area contributed by atoms with Crippen molar-refractivity contribution in [3.05, 3.63) is 29.1 Å². The fourth-order valence-corrected chi connectivity index (χ4v) is 3.45. The van der Waals surface area contributed by atoms with E-state index in [4.69, 9.17) is 10.1 Å². The van der Waals surface area contributed by atoms with Crippen LogP contribution in [-0.4, -0.2) is 35.5 Å². The van der Waals surface area contributed by atoms with Crippen LogP contribution in [0, 0.1) is 22.6 Å². The Hall–Kier alpha value is -2.69. The molecule has 0 bridgehead atoms. The summed E-state index contributed by atoms with van der Waals surface area (Å²) < 4.78 is 10.00. The number of esters is 2. The molecule has 3 atom stereocenters. The third-order valence-electron chi connectivity index (χ3n) is 4.88. The molecular weight excluding hydrogens is 352 g/mol. The van der Waals surface area contributed by atoms with Crippen molar-refractivity contribution in [1.29, 1.82) is 5.39 Å². The molecule has 0 unspecified atom stereocenters. The number of rotatable bonds is 10. The third-order valence-corrected chi connectivity index (χ3v) is 4.88. The number of aliphatic hydroxyl groups excluding tert-OH is 1. The van der Waals surface area contributed by atoms with Gasteiger partial charge in [-0.05, 0) is 18.3 Å². The van der Waals surface area contributed by atoms with Gasteiger partial charge < -0.3 is 14.6 Å². The third kappa shape index (κ3) is 5.64. The SMILES string of the molecule is C=C[C@H]1[C@@H]([C@@H](CC(=O)CC/C(O)=C(\[N+]#N)C(=O)OCC)OC(C)=O)C1(C)C. The van der Waals surface area contributed by atoms with Crippen LogP contribution in [0.2, 0.25) is 0 Å². The van der Waals surface area contributed by atoms with Crippen LogP contribution in [-0.2, 0) is 23.9 Å². The van der Waals surface area contributed by atoms with E-state index in [1.807, 2.05) is 13.8 Å². The van der Waals surface area contributed by atoms with Gasteiger partial charge in [0.1, 0.15) is 11.9 Å². The highest BCUT2D eigenvalue weighted by Crippen LogP contribution is 2.61. The van der Waals surface area contributed by atoms with Gasteiger partial charge in [0, 0.05) is 32.1 Å². The number of aliphatic hydroxyl groups is 1. The molecule has 8 heteroatoms. The molecule has 1 aliphatic carbocycles. The quantitative estimate of drug-likeness (QED) is 0.203. The summed E-state index contributed by atoms with van der Waals surface area (Å²) in [5.41, 5.74) is -0.743.